The lowest BCUT2D eigenvalue weighted by atomic mass is 10.0. The van der Waals surface area contributed by atoms with E-state index in [2.05, 4.69) is 30.8 Å². The van der Waals surface area contributed by atoms with Crippen LogP contribution in [0.15, 0.2) is 36.7 Å². The molecule has 3 aromatic rings. The van der Waals surface area contributed by atoms with E-state index >= 15 is 0 Å². The largest absolute Gasteiger partial charge is 0.492 e. The predicted molar refractivity (Wildman–Crippen MR) is 98.5 cm³/mol. The number of anilines is 1. The summed E-state index contributed by atoms with van der Waals surface area (Å²) in [5, 5.41) is 14.3. The van der Waals surface area contributed by atoms with Crippen molar-refractivity contribution in [3.05, 3.63) is 47.2 Å². The van der Waals surface area contributed by atoms with Crippen LogP contribution in [-0.2, 0) is 7.05 Å². The number of amides is 2. The zero-order valence-electron chi connectivity index (χ0n) is 14.4. The zero-order chi connectivity index (χ0) is 18.8. The highest BCUT2D eigenvalue weighted by Gasteiger charge is 2.25. The molecule has 0 unspecified atom stereocenters. The minimum Gasteiger partial charge on any atom is -0.492 e. The number of halogens is 1. The third-order valence-electron chi connectivity index (χ3n) is 4.07. The summed E-state index contributed by atoms with van der Waals surface area (Å²) >= 11 is 6.17. The van der Waals surface area contributed by atoms with E-state index < -0.39 is 6.03 Å². The molecule has 10 heteroatoms. The number of nitrogens with one attached hydrogen (secondary N) is 2. The summed E-state index contributed by atoms with van der Waals surface area (Å²) in [6.07, 6.45) is 3.78. The second-order valence-corrected chi connectivity index (χ2v) is 6.34. The lowest BCUT2D eigenvalue weighted by Crippen LogP contribution is -2.35. The van der Waals surface area contributed by atoms with Gasteiger partial charge in [0.2, 0.25) is 5.95 Å². The summed E-state index contributed by atoms with van der Waals surface area (Å²) in [5.41, 5.74) is 2.01. The Hall–Kier alpha value is -3.20. The van der Waals surface area contributed by atoms with Gasteiger partial charge in [-0.25, -0.2) is 14.8 Å². The van der Waals surface area contributed by atoms with Crippen LogP contribution in [0.5, 0.6) is 5.75 Å². The lowest BCUT2D eigenvalue weighted by Gasteiger charge is -2.27. The molecule has 1 aliphatic rings. The molecular weight excluding hydrogens is 370 g/mol. The van der Waals surface area contributed by atoms with Gasteiger partial charge in [-0.2, -0.15) is 15.0 Å². The molecule has 1 aromatic carbocycles. The molecule has 3 heterocycles. The summed E-state index contributed by atoms with van der Waals surface area (Å²) in [7, 11) is 1.72. The second kappa shape index (κ2) is 7.20. The first-order valence-electron chi connectivity index (χ1n) is 8.28. The van der Waals surface area contributed by atoms with Crippen LogP contribution in [0.25, 0.3) is 11.4 Å². The van der Waals surface area contributed by atoms with Crippen molar-refractivity contribution in [2.45, 2.75) is 12.5 Å². The van der Waals surface area contributed by atoms with Crippen molar-refractivity contribution in [1.29, 1.82) is 0 Å². The number of ether oxygens (including phenoxy) is 1. The van der Waals surface area contributed by atoms with Crippen LogP contribution in [0.3, 0.4) is 0 Å². The molecule has 4 rings (SSSR count). The Kier molecular flexibility index (Phi) is 4.59. The van der Waals surface area contributed by atoms with Crippen LogP contribution in [0.4, 0.5) is 10.7 Å². The Morgan fingerprint density at radius 3 is 3.04 bits per heavy atom. The summed E-state index contributed by atoms with van der Waals surface area (Å²) in [4.78, 5) is 22.2. The fraction of sp³-hybridized carbons (Fsp3) is 0.235. The summed E-state index contributed by atoms with van der Waals surface area (Å²) in [6, 6.07) is 6.55. The molecule has 0 spiro atoms. The summed E-state index contributed by atoms with van der Waals surface area (Å²) in [6.45, 7) is 0.473. The molecule has 2 amide bonds. The van der Waals surface area contributed by atoms with Gasteiger partial charge in [0.25, 0.3) is 0 Å². The smallest absolute Gasteiger partial charge is 0.322 e. The number of carbonyl (C=O) groups is 1. The number of aromatic nitrogens is 5. The van der Waals surface area contributed by atoms with Gasteiger partial charge in [0.1, 0.15) is 11.4 Å². The average Bonchev–Trinajstić information content (AvgIpc) is 3.09. The van der Waals surface area contributed by atoms with Gasteiger partial charge < -0.3 is 10.1 Å². The topological polar surface area (TPSA) is 107 Å². The van der Waals surface area contributed by atoms with Crippen LogP contribution < -0.4 is 15.4 Å². The fourth-order valence-electron chi connectivity index (χ4n) is 2.86. The van der Waals surface area contributed by atoms with Crippen LogP contribution in [0.2, 0.25) is 5.02 Å². The van der Waals surface area contributed by atoms with Crippen LogP contribution >= 0.6 is 11.6 Å². The number of rotatable bonds is 3. The number of hydrogen-bond acceptors (Lipinski definition) is 6. The molecule has 138 valence electrons. The van der Waals surface area contributed by atoms with E-state index in [1.165, 1.54) is 4.80 Å². The lowest BCUT2D eigenvalue weighted by molar-refractivity contribution is 0.232. The van der Waals surface area contributed by atoms with Crippen molar-refractivity contribution in [1.82, 2.24) is 30.3 Å². The highest BCUT2D eigenvalue weighted by Crippen LogP contribution is 2.37. The molecule has 1 atom stereocenters. The third-order valence-corrected chi connectivity index (χ3v) is 4.37. The number of aryl methyl sites for hydroxylation is 1. The number of para-hydroxylation sites is 1. The molecule has 0 aliphatic carbocycles. The molecule has 0 radical (unpaired) electrons. The standard InChI is InChI=1S/C17H16ClN7O2/c1-25-20-9-14(24-25)13-5-7-19-16(21-13)23-17(26)22-12-6-8-27-15-10(12)3-2-4-11(15)18/h2-5,7,9,12H,6,8H2,1H3,(H2,19,21,22,23,26)/t12-/m0/s1. The van der Waals surface area contributed by atoms with Gasteiger partial charge in [-0.3, -0.25) is 5.32 Å². The van der Waals surface area contributed by atoms with E-state index in [4.69, 9.17) is 16.3 Å². The summed E-state index contributed by atoms with van der Waals surface area (Å²) < 4.78 is 5.61. The first-order chi connectivity index (χ1) is 13.1. The third kappa shape index (κ3) is 3.68. The van der Waals surface area contributed by atoms with Gasteiger partial charge in [-0.1, -0.05) is 23.7 Å². The van der Waals surface area contributed by atoms with E-state index in [0.29, 0.717) is 35.2 Å². The number of fused-ring (bicyclic) bond motifs is 1. The van der Waals surface area contributed by atoms with Gasteiger partial charge in [0.15, 0.2) is 0 Å². The number of urea groups is 1. The van der Waals surface area contributed by atoms with Crippen molar-refractivity contribution in [3.8, 4) is 17.1 Å². The highest BCUT2D eigenvalue weighted by atomic mass is 35.5. The van der Waals surface area contributed by atoms with Crippen LogP contribution in [0.1, 0.15) is 18.0 Å². The Bertz CT molecular complexity index is 991. The van der Waals surface area contributed by atoms with Crippen molar-refractivity contribution >= 4 is 23.6 Å². The molecule has 27 heavy (non-hydrogen) atoms. The number of carbonyl (C=O) groups excluding carboxylic acids is 1. The number of nitrogens with zero attached hydrogens (tertiary/aromatic N) is 5. The van der Waals surface area contributed by atoms with Crippen LogP contribution in [0, 0.1) is 0 Å². The van der Waals surface area contributed by atoms with Crippen LogP contribution in [-0.4, -0.2) is 37.6 Å². The van der Waals surface area contributed by atoms with E-state index in [0.717, 1.165) is 5.56 Å². The van der Waals surface area contributed by atoms with E-state index in [-0.39, 0.29) is 12.0 Å². The molecule has 0 fully saturated rings. The van der Waals surface area contributed by atoms with Gasteiger partial charge in [-0.05, 0) is 12.1 Å². The van der Waals surface area contributed by atoms with E-state index in [1.54, 1.807) is 31.6 Å². The monoisotopic (exact) mass is 385 g/mol. The van der Waals surface area contributed by atoms with Gasteiger partial charge in [0.05, 0.1) is 29.6 Å². The Labute approximate surface area is 159 Å². The molecule has 1 aliphatic heterocycles. The molecule has 2 aromatic heterocycles. The molecule has 0 saturated carbocycles. The normalized spacial score (nSPS) is 15.6. The van der Waals surface area contributed by atoms with Gasteiger partial charge in [0, 0.05) is 25.2 Å². The highest BCUT2D eigenvalue weighted by molar-refractivity contribution is 6.32. The van der Waals surface area contributed by atoms with Crippen molar-refractivity contribution in [3.63, 3.8) is 0 Å². The average molecular weight is 386 g/mol. The predicted octanol–water partition coefficient (Wildman–Crippen LogP) is 2.57. The van der Waals surface area contributed by atoms with Gasteiger partial charge >= 0.3 is 6.03 Å². The zero-order valence-corrected chi connectivity index (χ0v) is 15.1. The first kappa shape index (κ1) is 17.2. The van der Waals surface area contributed by atoms with E-state index in [9.17, 15) is 4.79 Å². The van der Waals surface area contributed by atoms with Crippen molar-refractivity contribution in [2.24, 2.45) is 7.05 Å². The van der Waals surface area contributed by atoms with E-state index in [1.807, 2.05) is 12.1 Å². The van der Waals surface area contributed by atoms with Crippen molar-refractivity contribution in [2.75, 3.05) is 11.9 Å². The molecule has 9 nitrogen and oxygen atoms in total. The maximum absolute atomic E-state index is 12.4. The quantitative estimate of drug-likeness (QED) is 0.717. The Morgan fingerprint density at radius 1 is 1.33 bits per heavy atom. The maximum atomic E-state index is 12.4. The fourth-order valence-corrected chi connectivity index (χ4v) is 3.09. The summed E-state index contributed by atoms with van der Waals surface area (Å²) in [5.74, 6) is 0.783. The minimum atomic E-state index is -0.413. The maximum Gasteiger partial charge on any atom is 0.322 e. The molecule has 0 saturated heterocycles. The van der Waals surface area contributed by atoms with Crippen molar-refractivity contribution < 1.29 is 9.53 Å². The molecular formula is C17H16ClN7O2. The SMILES string of the molecule is Cn1ncc(-c2ccnc(NC(=O)N[C@H]3CCOc4c(Cl)cccc43)n2)n1. The second-order valence-electron chi connectivity index (χ2n) is 5.93. The molecule has 0 bridgehead atoms. The van der Waals surface area contributed by atoms with Gasteiger partial charge in [-0.15, -0.1) is 0 Å². The minimum absolute atomic E-state index is 0.175. The Balaban J connectivity index is 1.47. The molecule has 2 N–H and O–H groups in total. The first-order valence-corrected chi connectivity index (χ1v) is 8.66. The Morgan fingerprint density at radius 2 is 2.22 bits per heavy atom. The number of benzene rings is 1. The number of hydrogen-bond donors (Lipinski definition) is 2.